The number of halogens is 1. The molecule has 1 atom stereocenters. The van der Waals surface area contributed by atoms with Crippen LogP contribution in [-0.4, -0.2) is 20.1 Å². The standard InChI is InChI=1S/C17H17FN2O3S/c1-17(21,15-5-7-16(18)8-6-15)12-20-24(22,23)11-14-4-2-3-13(9-14)10-19/h2-9,20-21H,11-12H2,1H3. The molecule has 2 N–H and O–H groups in total. The molecule has 0 aliphatic rings. The number of nitriles is 1. The molecule has 2 rings (SSSR count). The van der Waals surface area contributed by atoms with Gasteiger partial charge in [0, 0.05) is 6.54 Å². The fraction of sp³-hybridized carbons (Fsp3) is 0.235. The second-order valence-electron chi connectivity index (χ2n) is 5.67. The summed E-state index contributed by atoms with van der Waals surface area (Å²) in [4.78, 5) is 0. The SMILES string of the molecule is CC(O)(CNS(=O)(=O)Cc1cccc(C#N)c1)c1ccc(F)cc1. The van der Waals surface area contributed by atoms with Crippen molar-refractivity contribution in [3.63, 3.8) is 0 Å². The third-order valence-electron chi connectivity index (χ3n) is 3.52. The van der Waals surface area contributed by atoms with Crippen molar-refractivity contribution in [2.24, 2.45) is 0 Å². The summed E-state index contributed by atoms with van der Waals surface area (Å²) in [5.74, 6) is -0.741. The van der Waals surface area contributed by atoms with Crippen LogP contribution in [0.2, 0.25) is 0 Å². The molecule has 0 aromatic heterocycles. The maximum absolute atomic E-state index is 12.9. The number of aliphatic hydroxyl groups is 1. The molecule has 0 spiro atoms. The van der Waals surface area contributed by atoms with Crippen LogP contribution in [0.3, 0.4) is 0 Å². The molecule has 1 unspecified atom stereocenters. The van der Waals surface area contributed by atoms with Crippen LogP contribution in [0.5, 0.6) is 0 Å². The highest BCUT2D eigenvalue weighted by Gasteiger charge is 2.25. The van der Waals surface area contributed by atoms with Gasteiger partial charge in [-0.25, -0.2) is 17.5 Å². The summed E-state index contributed by atoms with van der Waals surface area (Å²) in [5.41, 5.74) is -0.225. The Kier molecular flexibility index (Phi) is 5.34. The zero-order valence-corrected chi connectivity index (χ0v) is 13.8. The van der Waals surface area contributed by atoms with Gasteiger partial charge in [0.2, 0.25) is 10.0 Å². The highest BCUT2D eigenvalue weighted by Crippen LogP contribution is 2.20. The van der Waals surface area contributed by atoms with Crippen LogP contribution >= 0.6 is 0 Å². The maximum Gasteiger partial charge on any atom is 0.215 e. The van der Waals surface area contributed by atoms with Crippen LogP contribution in [0.4, 0.5) is 4.39 Å². The Morgan fingerprint density at radius 3 is 2.54 bits per heavy atom. The lowest BCUT2D eigenvalue weighted by Gasteiger charge is -2.24. The second kappa shape index (κ2) is 7.09. The summed E-state index contributed by atoms with van der Waals surface area (Å²) in [6.45, 7) is 1.19. The summed E-state index contributed by atoms with van der Waals surface area (Å²) in [7, 11) is -3.70. The molecule has 0 saturated carbocycles. The summed E-state index contributed by atoms with van der Waals surface area (Å²) in [5, 5.41) is 19.2. The molecule has 0 aliphatic carbocycles. The molecule has 0 amide bonds. The number of nitrogens with one attached hydrogen (secondary N) is 1. The van der Waals surface area contributed by atoms with Crippen LogP contribution < -0.4 is 4.72 Å². The first-order valence-electron chi connectivity index (χ1n) is 7.17. The largest absolute Gasteiger partial charge is 0.384 e. The number of sulfonamides is 1. The quantitative estimate of drug-likeness (QED) is 0.836. The van der Waals surface area contributed by atoms with E-state index < -0.39 is 21.4 Å². The number of nitrogens with zero attached hydrogens (tertiary/aromatic N) is 1. The van der Waals surface area contributed by atoms with E-state index in [2.05, 4.69) is 4.72 Å². The van der Waals surface area contributed by atoms with E-state index in [9.17, 15) is 17.9 Å². The van der Waals surface area contributed by atoms with Crippen molar-refractivity contribution < 1.29 is 17.9 Å². The average molecular weight is 348 g/mol. The molecular weight excluding hydrogens is 331 g/mol. The van der Waals surface area contributed by atoms with E-state index in [4.69, 9.17) is 5.26 Å². The van der Waals surface area contributed by atoms with Gasteiger partial charge in [-0.1, -0.05) is 24.3 Å². The third kappa shape index (κ3) is 4.86. The minimum atomic E-state index is -3.70. The Morgan fingerprint density at radius 1 is 1.25 bits per heavy atom. The fourth-order valence-corrected chi connectivity index (χ4v) is 3.38. The highest BCUT2D eigenvalue weighted by atomic mass is 32.2. The van der Waals surface area contributed by atoms with E-state index in [-0.39, 0.29) is 12.3 Å². The van der Waals surface area contributed by atoms with Crippen LogP contribution in [0, 0.1) is 17.1 Å². The third-order valence-corrected chi connectivity index (χ3v) is 4.81. The van der Waals surface area contributed by atoms with E-state index in [1.807, 2.05) is 6.07 Å². The van der Waals surface area contributed by atoms with Crippen molar-refractivity contribution in [2.75, 3.05) is 6.54 Å². The molecule has 2 aromatic rings. The van der Waals surface area contributed by atoms with E-state index in [0.717, 1.165) is 0 Å². The molecule has 0 heterocycles. The fourth-order valence-electron chi connectivity index (χ4n) is 2.16. The zero-order valence-electron chi connectivity index (χ0n) is 13.0. The van der Waals surface area contributed by atoms with Crippen molar-refractivity contribution in [2.45, 2.75) is 18.3 Å². The number of hydrogen-bond acceptors (Lipinski definition) is 4. The topological polar surface area (TPSA) is 90.2 Å². The van der Waals surface area contributed by atoms with Crippen molar-refractivity contribution >= 4 is 10.0 Å². The molecule has 5 nitrogen and oxygen atoms in total. The molecular formula is C17H17FN2O3S. The summed E-state index contributed by atoms with van der Waals surface area (Å²) in [6, 6.07) is 13.5. The monoisotopic (exact) mass is 348 g/mol. The van der Waals surface area contributed by atoms with Gasteiger partial charge < -0.3 is 5.11 Å². The lowest BCUT2D eigenvalue weighted by atomic mass is 9.96. The van der Waals surface area contributed by atoms with Crippen LogP contribution in [0.15, 0.2) is 48.5 Å². The molecule has 126 valence electrons. The smallest absolute Gasteiger partial charge is 0.215 e. The van der Waals surface area contributed by atoms with Crippen molar-refractivity contribution in [3.8, 4) is 6.07 Å². The summed E-state index contributed by atoms with van der Waals surface area (Å²) < 4.78 is 39.6. The van der Waals surface area contributed by atoms with E-state index in [1.165, 1.54) is 37.3 Å². The first-order valence-corrected chi connectivity index (χ1v) is 8.82. The van der Waals surface area contributed by atoms with Gasteiger partial charge in [-0.2, -0.15) is 5.26 Å². The molecule has 0 aliphatic heterocycles. The molecule has 24 heavy (non-hydrogen) atoms. The van der Waals surface area contributed by atoms with Crippen molar-refractivity contribution in [3.05, 3.63) is 71.0 Å². The Labute approximate surface area is 140 Å². The van der Waals surface area contributed by atoms with Gasteiger partial charge in [0.05, 0.1) is 17.4 Å². The van der Waals surface area contributed by atoms with Gasteiger partial charge in [0.1, 0.15) is 11.4 Å². The lowest BCUT2D eigenvalue weighted by molar-refractivity contribution is 0.0627. The Hall–Kier alpha value is -2.27. The number of rotatable bonds is 6. The maximum atomic E-state index is 12.9. The lowest BCUT2D eigenvalue weighted by Crippen LogP contribution is -2.39. The molecule has 0 radical (unpaired) electrons. The van der Waals surface area contributed by atoms with Gasteiger partial charge in [-0.05, 0) is 42.3 Å². The predicted octanol–water partition coefficient (Wildman–Crippen LogP) is 2.02. The normalized spacial score (nSPS) is 13.9. The molecule has 0 bridgehead atoms. The highest BCUT2D eigenvalue weighted by molar-refractivity contribution is 7.88. The van der Waals surface area contributed by atoms with E-state index in [1.54, 1.807) is 18.2 Å². The second-order valence-corrected chi connectivity index (χ2v) is 7.48. The predicted molar refractivity (Wildman–Crippen MR) is 87.8 cm³/mol. The van der Waals surface area contributed by atoms with E-state index in [0.29, 0.717) is 16.7 Å². The molecule has 7 heteroatoms. The van der Waals surface area contributed by atoms with Gasteiger partial charge >= 0.3 is 0 Å². The molecule has 0 fully saturated rings. The average Bonchev–Trinajstić information content (AvgIpc) is 2.53. The van der Waals surface area contributed by atoms with Crippen molar-refractivity contribution in [1.82, 2.24) is 4.72 Å². The summed E-state index contributed by atoms with van der Waals surface area (Å²) in [6.07, 6.45) is 0. The van der Waals surface area contributed by atoms with Gasteiger partial charge in [-0.3, -0.25) is 0 Å². The Balaban J connectivity index is 2.06. The summed E-state index contributed by atoms with van der Waals surface area (Å²) >= 11 is 0. The van der Waals surface area contributed by atoms with Crippen LogP contribution in [0.1, 0.15) is 23.6 Å². The first kappa shape index (κ1) is 18.1. The number of benzene rings is 2. The Bertz CT molecular complexity index is 856. The minimum Gasteiger partial charge on any atom is -0.384 e. The van der Waals surface area contributed by atoms with Crippen LogP contribution in [-0.2, 0) is 21.4 Å². The van der Waals surface area contributed by atoms with Crippen LogP contribution in [0.25, 0.3) is 0 Å². The minimum absolute atomic E-state index is 0.251. The first-order chi connectivity index (χ1) is 11.2. The van der Waals surface area contributed by atoms with Gasteiger partial charge in [0.25, 0.3) is 0 Å². The van der Waals surface area contributed by atoms with E-state index >= 15 is 0 Å². The molecule has 0 saturated heterocycles. The Morgan fingerprint density at radius 2 is 1.92 bits per heavy atom. The molecule has 2 aromatic carbocycles. The van der Waals surface area contributed by atoms with Gasteiger partial charge in [0.15, 0.2) is 0 Å². The zero-order chi connectivity index (χ0) is 17.8. The van der Waals surface area contributed by atoms with Gasteiger partial charge in [-0.15, -0.1) is 0 Å². The number of hydrogen-bond donors (Lipinski definition) is 2. The van der Waals surface area contributed by atoms with Crippen molar-refractivity contribution in [1.29, 1.82) is 5.26 Å².